The SMILES string of the molecule is CC(=O)C(=O)SCCNC(=O)CCNC(=O)[C@@H]1OC(C)(CC(=O)O)OCC1(C)C. The summed E-state index contributed by atoms with van der Waals surface area (Å²) in [4.78, 5) is 57.3. The van der Waals surface area contributed by atoms with E-state index in [1.165, 1.54) is 13.8 Å². The van der Waals surface area contributed by atoms with Crippen molar-refractivity contribution in [2.45, 2.75) is 52.4 Å². The maximum Gasteiger partial charge on any atom is 0.308 e. The molecule has 1 fully saturated rings. The largest absolute Gasteiger partial charge is 0.481 e. The van der Waals surface area contributed by atoms with Crippen LogP contribution in [0.2, 0.25) is 0 Å². The summed E-state index contributed by atoms with van der Waals surface area (Å²) in [6.45, 7) is 6.63. The Hall–Kier alpha value is -1.98. The van der Waals surface area contributed by atoms with Gasteiger partial charge in [0.25, 0.3) is 5.12 Å². The van der Waals surface area contributed by atoms with Crippen molar-refractivity contribution in [2.24, 2.45) is 5.41 Å². The zero-order valence-corrected chi connectivity index (χ0v) is 17.8. The molecule has 0 saturated carbocycles. The fraction of sp³-hybridized carbons (Fsp3) is 0.722. The number of carboxylic acids is 1. The number of ether oxygens (including phenoxy) is 2. The predicted octanol–water partition coefficient (Wildman–Crippen LogP) is 0.0902. The van der Waals surface area contributed by atoms with E-state index in [1.54, 1.807) is 13.8 Å². The number of nitrogens with one attached hydrogen (secondary N) is 2. The molecule has 11 heteroatoms. The molecule has 2 amide bonds. The molecule has 0 aromatic heterocycles. The van der Waals surface area contributed by atoms with Crippen LogP contribution >= 0.6 is 11.8 Å². The molecule has 3 N–H and O–H groups in total. The highest BCUT2D eigenvalue weighted by Gasteiger charge is 2.48. The molecule has 29 heavy (non-hydrogen) atoms. The first kappa shape index (κ1) is 25.1. The molecule has 1 unspecified atom stereocenters. The van der Waals surface area contributed by atoms with Gasteiger partial charge in [-0.25, -0.2) is 0 Å². The number of aliphatic carboxylic acids is 1. The van der Waals surface area contributed by atoms with Gasteiger partial charge in [-0.05, 0) is 6.92 Å². The number of carbonyl (C=O) groups excluding carboxylic acids is 4. The Balaban J connectivity index is 2.41. The van der Waals surface area contributed by atoms with Gasteiger partial charge >= 0.3 is 5.97 Å². The molecule has 1 rings (SSSR count). The highest BCUT2D eigenvalue weighted by Crippen LogP contribution is 2.36. The summed E-state index contributed by atoms with van der Waals surface area (Å²) in [5.41, 5.74) is -0.676. The Kier molecular flexibility index (Phi) is 9.24. The van der Waals surface area contributed by atoms with E-state index in [1.807, 2.05) is 0 Å². The van der Waals surface area contributed by atoms with E-state index in [-0.39, 0.29) is 37.8 Å². The van der Waals surface area contributed by atoms with Crippen LogP contribution in [0.3, 0.4) is 0 Å². The van der Waals surface area contributed by atoms with Crippen LogP contribution in [0.15, 0.2) is 0 Å². The van der Waals surface area contributed by atoms with Crippen LogP contribution in [-0.4, -0.2) is 71.1 Å². The smallest absolute Gasteiger partial charge is 0.308 e. The third-order valence-corrected chi connectivity index (χ3v) is 5.09. The topological polar surface area (TPSA) is 148 Å². The van der Waals surface area contributed by atoms with Crippen molar-refractivity contribution >= 4 is 40.4 Å². The van der Waals surface area contributed by atoms with Gasteiger partial charge in [0.1, 0.15) is 6.10 Å². The van der Waals surface area contributed by atoms with Crippen LogP contribution in [-0.2, 0) is 33.4 Å². The van der Waals surface area contributed by atoms with Crippen LogP contribution in [0, 0.1) is 5.41 Å². The van der Waals surface area contributed by atoms with Crippen LogP contribution in [0.5, 0.6) is 0 Å². The van der Waals surface area contributed by atoms with E-state index in [4.69, 9.17) is 14.6 Å². The lowest BCUT2D eigenvalue weighted by Crippen LogP contribution is -2.58. The number of hydrogen-bond acceptors (Lipinski definition) is 8. The molecular formula is C18H28N2O8S. The van der Waals surface area contributed by atoms with Gasteiger partial charge in [-0.3, -0.25) is 24.0 Å². The highest BCUT2D eigenvalue weighted by atomic mass is 32.2. The maximum absolute atomic E-state index is 12.5. The second-order valence-corrected chi connectivity index (χ2v) is 8.63. The van der Waals surface area contributed by atoms with Crippen molar-refractivity contribution in [1.82, 2.24) is 10.6 Å². The Labute approximate surface area is 173 Å². The molecule has 1 heterocycles. The fourth-order valence-corrected chi connectivity index (χ4v) is 3.14. The first-order valence-electron chi connectivity index (χ1n) is 9.12. The number of ketones is 1. The first-order chi connectivity index (χ1) is 13.4. The molecule has 0 bridgehead atoms. The molecule has 0 aromatic carbocycles. The fourth-order valence-electron chi connectivity index (χ4n) is 2.55. The number of amides is 2. The molecule has 1 aliphatic heterocycles. The van der Waals surface area contributed by atoms with E-state index in [0.717, 1.165) is 11.8 Å². The summed E-state index contributed by atoms with van der Waals surface area (Å²) in [5.74, 6) is -3.54. The second-order valence-electron chi connectivity index (χ2n) is 7.56. The van der Waals surface area contributed by atoms with E-state index >= 15 is 0 Å². The molecule has 164 valence electrons. The quantitative estimate of drug-likeness (QED) is 0.322. The zero-order valence-electron chi connectivity index (χ0n) is 17.0. The monoisotopic (exact) mass is 432 g/mol. The average Bonchev–Trinajstić information content (AvgIpc) is 2.60. The molecule has 0 aliphatic carbocycles. The van der Waals surface area contributed by atoms with Gasteiger partial charge in [-0.15, -0.1) is 0 Å². The summed E-state index contributed by atoms with van der Waals surface area (Å²) in [6.07, 6.45) is -1.32. The summed E-state index contributed by atoms with van der Waals surface area (Å²) < 4.78 is 11.2. The Morgan fingerprint density at radius 2 is 1.76 bits per heavy atom. The minimum Gasteiger partial charge on any atom is -0.481 e. The summed E-state index contributed by atoms with van der Waals surface area (Å²) in [6, 6.07) is 0. The third-order valence-electron chi connectivity index (χ3n) is 4.13. The maximum atomic E-state index is 12.5. The Bertz CT molecular complexity index is 666. The van der Waals surface area contributed by atoms with E-state index in [9.17, 15) is 24.0 Å². The number of carbonyl (C=O) groups is 5. The normalized spacial score (nSPS) is 23.1. The minimum absolute atomic E-state index is 0.0209. The molecule has 0 spiro atoms. The van der Waals surface area contributed by atoms with Gasteiger partial charge in [-0.2, -0.15) is 0 Å². The molecule has 1 saturated heterocycles. The second kappa shape index (κ2) is 10.7. The first-order valence-corrected chi connectivity index (χ1v) is 10.1. The van der Waals surface area contributed by atoms with Gasteiger partial charge in [-0.1, -0.05) is 25.6 Å². The van der Waals surface area contributed by atoms with Gasteiger partial charge in [0.2, 0.25) is 17.6 Å². The summed E-state index contributed by atoms with van der Waals surface area (Å²) in [5, 5.41) is 13.6. The van der Waals surface area contributed by atoms with Gasteiger partial charge in [0.05, 0.1) is 13.0 Å². The zero-order chi connectivity index (χ0) is 22.2. The van der Waals surface area contributed by atoms with Crippen LogP contribution in [0.4, 0.5) is 0 Å². The predicted molar refractivity (Wildman–Crippen MR) is 104 cm³/mol. The number of carboxylic acid groups (broad SMARTS) is 1. The van der Waals surface area contributed by atoms with E-state index < -0.39 is 46.5 Å². The lowest BCUT2D eigenvalue weighted by atomic mass is 9.85. The lowest BCUT2D eigenvalue weighted by molar-refractivity contribution is -0.313. The summed E-state index contributed by atoms with van der Waals surface area (Å²) in [7, 11) is 0. The third kappa shape index (κ3) is 8.50. The van der Waals surface area contributed by atoms with Crippen LogP contribution in [0.25, 0.3) is 0 Å². The van der Waals surface area contributed by atoms with Crippen molar-refractivity contribution in [2.75, 3.05) is 25.4 Å². The van der Waals surface area contributed by atoms with Crippen LogP contribution < -0.4 is 10.6 Å². The van der Waals surface area contributed by atoms with E-state index in [0.29, 0.717) is 0 Å². The Morgan fingerprint density at radius 1 is 1.10 bits per heavy atom. The molecule has 1 aliphatic rings. The van der Waals surface area contributed by atoms with Crippen molar-refractivity contribution in [3.8, 4) is 0 Å². The standard InChI is InChI=1S/C18H28N2O8S/c1-11(21)16(26)29-8-7-19-12(22)5-6-20-15(25)14-17(2,3)10-27-18(4,28-14)9-13(23)24/h14H,5-10H2,1-4H3,(H,19,22)(H,20,25)(H,23,24)/t14-,18?/m0/s1. The molecule has 0 aromatic rings. The molecule has 0 radical (unpaired) electrons. The highest BCUT2D eigenvalue weighted by molar-refractivity contribution is 8.15. The van der Waals surface area contributed by atoms with Crippen molar-refractivity contribution in [3.63, 3.8) is 0 Å². The van der Waals surface area contributed by atoms with E-state index in [2.05, 4.69) is 10.6 Å². The van der Waals surface area contributed by atoms with Crippen LogP contribution in [0.1, 0.15) is 40.5 Å². The number of Topliss-reactive ketones (excluding diaryl/α,β-unsaturated/α-hetero) is 1. The number of thioether (sulfide) groups is 1. The number of rotatable bonds is 10. The average molecular weight is 432 g/mol. The van der Waals surface area contributed by atoms with Crippen molar-refractivity contribution < 1.29 is 38.6 Å². The van der Waals surface area contributed by atoms with Gasteiger partial charge < -0.3 is 25.2 Å². The Morgan fingerprint density at radius 3 is 2.34 bits per heavy atom. The van der Waals surface area contributed by atoms with Gasteiger partial charge in [0.15, 0.2) is 5.79 Å². The molecule has 10 nitrogen and oxygen atoms in total. The lowest BCUT2D eigenvalue weighted by Gasteiger charge is -2.45. The van der Waals surface area contributed by atoms with Gasteiger partial charge in [0, 0.05) is 37.6 Å². The number of hydrogen-bond donors (Lipinski definition) is 3. The van der Waals surface area contributed by atoms with Crippen molar-refractivity contribution in [3.05, 3.63) is 0 Å². The molecule has 2 atom stereocenters. The molecular weight excluding hydrogens is 404 g/mol. The minimum atomic E-state index is -1.41. The summed E-state index contributed by atoms with van der Waals surface area (Å²) >= 11 is 0.835. The van der Waals surface area contributed by atoms with Crippen molar-refractivity contribution in [1.29, 1.82) is 0 Å².